The Morgan fingerprint density at radius 1 is 1.20 bits per heavy atom. The predicted molar refractivity (Wildman–Crippen MR) is 106 cm³/mol. The van der Waals surface area contributed by atoms with Crippen LogP contribution in [0, 0.1) is 3.57 Å². The third-order valence-electron chi connectivity index (χ3n) is 4.13. The van der Waals surface area contributed by atoms with Crippen LogP contribution >= 0.6 is 22.6 Å². The van der Waals surface area contributed by atoms with Gasteiger partial charge in [-0.3, -0.25) is 0 Å². The Kier molecular flexibility index (Phi) is 7.04. The zero-order valence-corrected chi connectivity index (χ0v) is 17.0. The van der Waals surface area contributed by atoms with E-state index >= 15 is 0 Å². The molecular weight excluding hydrogens is 433 g/mol. The molecule has 0 aliphatic heterocycles. The van der Waals surface area contributed by atoms with Gasteiger partial charge in [-0.15, -0.1) is 0 Å². The first-order valence-electron chi connectivity index (χ1n) is 7.90. The first-order valence-corrected chi connectivity index (χ1v) is 8.98. The van der Waals surface area contributed by atoms with Gasteiger partial charge in [-0.2, -0.15) is 0 Å². The molecule has 0 atom stereocenters. The molecule has 0 unspecified atom stereocenters. The number of ether oxygens (including phenoxy) is 2. The highest BCUT2D eigenvalue weighted by molar-refractivity contribution is 14.1. The van der Waals surface area contributed by atoms with Crippen LogP contribution in [0.3, 0.4) is 0 Å². The van der Waals surface area contributed by atoms with E-state index in [9.17, 15) is 4.79 Å². The number of hydrogen-bond donors (Lipinski definition) is 0. The van der Waals surface area contributed by atoms with Crippen molar-refractivity contribution in [1.82, 2.24) is 0 Å². The number of allylic oxidation sites excluding steroid dienone is 2. The van der Waals surface area contributed by atoms with Gasteiger partial charge in [0, 0.05) is 3.57 Å². The van der Waals surface area contributed by atoms with E-state index in [-0.39, 0.29) is 5.71 Å². The van der Waals surface area contributed by atoms with Gasteiger partial charge in [0.1, 0.15) is 19.5 Å². The normalized spacial score (nSPS) is 15.3. The molecule has 0 saturated heterocycles. The van der Waals surface area contributed by atoms with E-state index in [1.54, 1.807) is 0 Å². The highest BCUT2D eigenvalue weighted by atomic mass is 127. The lowest BCUT2D eigenvalue weighted by Crippen LogP contribution is -2.24. The second-order valence-electron chi connectivity index (χ2n) is 5.86. The molecule has 25 heavy (non-hydrogen) atoms. The van der Waals surface area contributed by atoms with Crippen LogP contribution in [-0.2, 0) is 14.4 Å². The molecule has 5 nitrogen and oxygen atoms in total. The van der Waals surface area contributed by atoms with Crippen molar-refractivity contribution < 1.29 is 19.1 Å². The summed E-state index contributed by atoms with van der Waals surface area (Å²) in [5, 5.41) is 3.90. The minimum absolute atomic E-state index is 0.207. The SMILES string of the molecule is CON=C(C(=O)OC)C1=C(COc2cccc(I)c2)CC(C)=C(C)C1. The number of rotatable bonds is 6. The van der Waals surface area contributed by atoms with Gasteiger partial charge in [-0.25, -0.2) is 4.79 Å². The molecule has 1 aromatic carbocycles. The number of carbonyl (C=O) groups excluding carboxylic acids is 1. The molecule has 1 aliphatic carbocycles. The molecule has 0 bridgehead atoms. The van der Waals surface area contributed by atoms with E-state index < -0.39 is 5.97 Å². The van der Waals surface area contributed by atoms with Gasteiger partial charge < -0.3 is 14.3 Å². The van der Waals surface area contributed by atoms with Crippen LogP contribution in [0.15, 0.2) is 51.7 Å². The van der Waals surface area contributed by atoms with E-state index in [1.165, 1.54) is 25.4 Å². The molecule has 0 saturated carbocycles. The van der Waals surface area contributed by atoms with Gasteiger partial charge in [0.25, 0.3) is 0 Å². The predicted octanol–water partition coefficient (Wildman–Crippen LogP) is 4.27. The number of halogens is 1. The highest BCUT2D eigenvalue weighted by Crippen LogP contribution is 2.31. The van der Waals surface area contributed by atoms with Gasteiger partial charge in [0.2, 0.25) is 0 Å². The zero-order chi connectivity index (χ0) is 18.4. The maximum Gasteiger partial charge on any atom is 0.360 e. The van der Waals surface area contributed by atoms with E-state index in [0.717, 1.165) is 26.9 Å². The van der Waals surface area contributed by atoms with Crippen molar-refractivity contribution in [1.29, 1.82) is 0 Å². The van der Waals surface area contributed by atoms with Crippen LogP contribution in [0.1, 0.15) is 26.7 Å². The van der Waals surface area contributed by atoms with E-state index in [2.05, 4.69) is 41.6 Å². The Morgan fingerprint density at radius 2 is 1.92 bits per heavy atom. The fraction of sp³-hybridized carbons (Fsp3) is 0.368. The fourth-order valence-corrected chi connectivity index (χ4v) is 3.15. The van der Waals surface area contributed by atoms with Gasteiger partial charge >= 0.3 is 5.97 Å². The summed E-state index contributed by atoms with van der Waals surface area (Å²) in [5.74, 6) is 0.293. The first kappa shape index (κ1) is 19.5. The lowest BCUT2D eigenvalue weighted by atomic mass is 9.85. The van der Waals surface area contributed by atoms with Crippen molar-refractivity contribution in [3.05, 3.63) is 50.1 Å². The van der Waals surface area contributed by atoms with E-state index in [1.807, 2.05) is 24.3 Å². The summed E-state index contributed by atoms with van der Waals surface area (Å²) in [6, 6.07) is 7.86. The molecule has 0 N–H and O–H groups in total. The maximum atomic E-state index is 12.1. The van der Waals surface area contributed by atoms with Gasteiger partial charge in [0.05, 0.1) is 7.11 Å². The largest absolute Gasteiger partial charge is 0.489 e. The van der Waals surface area contributed by atoms with Crippen molar-refractivity contribution >= 4 is 34.3 Å². The Hall–Kier alpha value is -1.83. The summed E-state index contributed by atoms with van der Waals surface area (Å²) >= 11 is 2.25. The molecule has 0 radical (unpaired) electrons. The summed E-state index contributed by atoms with van der Waals surface area (Å²) < 4.78 is 11.9. The topological polar surface area (TPSA) is 57.1 Å². The molecule has 0 amide bonds. The second-order valence-corrected chi connectivity index (χ2v) is 7.10. The van der Waals surface area contributed by atoms with E-state index in [0.29, 0.717) is 13.0 Å². The fourth-order valence-electron chi connectivity index (χ4n) is 2.64. The molecule has 0 heterocycles. The summed E-state index contributed by atoms with van der Waals surface area (Å²) in [6.45, 7) is 4.55. The molecular formula is C19H22INO4. The minimum Gasteiger partial charge on any atom is -0.489 e. The average Bonchev–Trinajstić information content (AvgIpc) is 2.60. The van der Waals surface area contributed by atoms with Crippen molar-refractivity contribution in [2.75, 3.05) is 20.8 Å². The number of esters is 1. The zero-order valence-electron chi connectivity index (χ0n) is 14.9. The van der Waals surface area contributed by atoms with E-state index in [4.69, 9.17) is 14.3 Å². The van der Waals surface area contributed by atoms with Crippen molar-refractivity contribution in [2.45, 2.75) is 26.7 Å². The number of carbonyl (C=O) groups is 1. The number of oxime groups is 1. The Bertz CT molecular complexity index is 750. The average molecular weight is 455 g/mol. The molecule has 134 valence electrons. The Labute approximate surface area is 161 Å². The number of hydrogen-bond acceptors (Lipinski definition) is 5. The van der Waals surface area contributed by atoms with Crippen molar-refractivity contribution in [2.24, 2.45) is 5.16 Å². The number of methoxy groups -OCH3 is 1. The number of benzene rings is 1. The quantitative estimate of drug-likeness (QED) is 0.211. The van der Waals surface area contributed by atoms with Crippen molar-refractivity contribution in [3.8, 4) is 5.75 Å². The Morgan fingerprint density at radius 3 is 2.56 bits per heavy atom. The molecule has 1 aliphatic rings. The molecule has 2 rings (SSSR count). The van der Waals surface area contributed by atoms with Crippen LogP contribution < -0.4 is 4.74 Å². The van der Waals surface area contributed by atoms with Gasteiger partial charge in [-0.05, 0) is 78.6 Å². The standard InChI is InChI=1S/C19H22INO4/c1-12-8-14(11-25-16-7-5-6-15(20)10-16)17(9-13(12)2)18(21-24-4)19(22)23-3/h5-7,10H,8-9,11H2,1-4H3. The van der Waals surface area contributed by atoms with Crippen molar-refractivity contribution in [3.63, 3.8) is 0 Å². The smallest absolute Gasteiger partial charge is 0.360 e. The van der Waals surface area contributed by atoms with Crippen LogP contribution in [0.25, 0.3) is 0 Å². The summed E-state index contributed by atoms with van der Waals surface area (Å²) in [6.07, 6.45) is 1.37. The number of nitrogens with zero attached hydrogens (tertiary/aromatic N) is 1. The Balaban J connectivity index is 2.32. The van der Waals surface area contributed by atoms with Crippen LogP contribution in [0.2, 0.25) is 0 Å². The first-order chi connectivity index (χ1) is 12.0. The molecule has 1 aromatic rings. The van der Waals surface area contributed by atoms with Crippen LogP contribution in [0.5, 0.6) is 5.75 Å². The van der Waals surface area contributed by atoms with Crippen LogP contribution in [0.4, 0.5) is 0 Å². The summed E-state index contributed by atoms with van der Waals surface area (Å²) in [7, 11) is 2.76. The summed E-state index contributed by atoms with van der Waals surface area (Å²) in [4.78, 5) is 17.0. The third kappa shape index (κ3) is 5.07. The monoisotopic (exact) mass is 455 g/mol. The molecule has 6 heteroatoms. The molecule has 0 aromatic heterocycles. The van der Waals surface area contributed by atoms with Gasteiger partial charge in [0.15, 0.2) is 5.71 Å². The molecule has 0 fully saturated rings. The minimum atomic E-state index is -0.504. The van der Waals surface area contributed by atoms with Crippen LogP contribution in [-0.4, -0.2) is 32.5 Å². The highest BCUT2D eigenvalue weighted by Gasteiger charge is 2.26. The summed E-state index contributed by atoms with van der Waals surface area (Å²) in [5.41, 5.74) is 4.55. The van der Waals surface area contributed by atoms with Gasteiger partial charge in [-0.1, -0.05) is 22.4 Å². The maximum absolute atomic E-state index is 12.1. The lowest BCUT2D eigenvalue weighted by molar-refractivity contribution is -0.132. The lowest BCUT2D eigenvalue weighted by Gasteiger charge is -2.23. The molecule has 0 spiro atoms. The third-order valence-corrected chi connectivity index (χ3v) is 4.80. The second kappa shape index (κ2) is 9.03.